The van der Waals surface area contributed by atoms with E-state index < -0.39 is 0 Å². The summed E-state index contributed by atoms with van der Waals surface area (Å²) in [7, 11) is 0. The quantitative estimate of drug-likeness (QED) is 0.651. The molecule has 5 nitrogen and oxygen atoms in total. The molecule has 3 N–H and O–H groups in total. The molecule has 0 heterocycles. The lowest BCUT2D eigenvalue weighted by Crippen LogP contribution is -2.29. The molecule has 138 valence electrons. The summed E-state index contributed by atoms with van der Waals surface area (Å²) in [4.78, 5) is 24.5. The second kappa shape index (κ2) is 9.46. The molecule has 0 spiro atoms. The van der Waals surface area contributed by atoms with Gasteiger partial charge in [0.25, 0.3) is 5.91 Å². The van der Waals surface area contributed by atoms with Gasteiger partial charge in [0.2, 0.25) is 5.91 Å². The first-order chi connectivity index (χ1) is 12.3. The summed E-state index contributed by atoms with van der Waals surface area (Å²) in [6.45, 7) is 4.61. The maximum Gasteiger partial charge on any atom is 0.253 e. The number of rotatable bonds is 7. The number of halogens is 2. The van der Waals surface area contributed by atoms with Crippen molar-refractivity contribution in [1.82, 2.24) is 5.32 Å². The highest BCUT2D eigenvalue weighted by atomic mass is 35.5. The van der Waals surface area contributed by atoms with Crippen molar-refractivity contribution in [2.45, 2.75) is 13.8 Å². The Labute approximate surface area is 163 Å². The van der Waals surface area contributed by atoms with Crippen LogP contribution in [0.1, 0.15) is 24.2 Å². The largest absolute Gasteiger partial charge is 0.376 e. The normalized spacial score (nSPS) is 10.5. The molecule has 0 radical (unpaired) electrons. The van der Waals surface area contributed by atoms with Gasteiger partial charge in [0.15, 0.2) is 0 Å². The summed E-state index contributed by atoms with van der Waals surface area (Å²) in [5.41, 5.74) is 1.53. The zero-order valence-electron chi connectivity index (χ0n) is 14.6. The first kappa shape index (κ1) is 20.1. The minimum atomic E-state index is -0.287. The number of para-hydroxylation sites is 1. The van der Waals surface area contributed by atoms with Crippen molar-refractivity contribution in [3.8, 4) is 0 Å². The third-order valence-corrected chi connectivity index (χ3v) is 3.87. The Morgan fingerprint density at radius 2 is 1.69 bits per heavy atom. The average molecular weight is 394 g/mol. The van der Waals surface area contributed by atoms with E-state index in [1.807, 2.05) is 13.8 Å². The van der Waals surface area contributed by atoms with E-state index in [4.69, 9.17) is 23.2 Å². The number of anilines is 2. The molecule has 0 atom stereocenters. The van der Waals surface area contributed by atoms with Crippen LogP contribution in [-0.4, -0.2) is 24.9 Å². The zero-order valence-corrected chi connectivity index (χ0v) is 16.1. The number of hydrogen-bond donors (Lipinski definition) is 3. The topological polar surface area (TPSA) is 70.2 Å². The predicted octanol–water partition coefficient (Wildman–Crippen LogP) is 4.43. The lowest BCUT2D eigenvalue weighted by molar-refractivity contribution is -0.114. The number of amides is 2. The molecule has 2 aromatic rings. The predicted molar refractivity (Wildman–Crippen MR) is 107 cm³/mol. The van der Waals surface area contributed by atoms with Gasteiger partial charge in [-0.1, -0.05) is 49.2 Å². The van der Waals surface area contributed by atoms with E-state index in [1.54, 1.807) is 42.5 Å². The molecule has 0 aliphatic carbocycles. The van der Waals surface area contributed by atoms with Gasteiger partial charge in [-0.25, -0.2) is 0 Å². The fourth-order valence-electron chi connectivity index (χ4n) is 2.21. The highest BCUT2D eigenvalue weighted by Gasteiger charge is 2.13. The molecular weight excluding hydrogens is 373 g/mol. The summed E-state index contributed by atoms with van der Waals surface area (Å²) in [5, 5.41) is 9.51. The molecule has 0 saturated heterocycles. The van der Waals surface area contributed by atoms with Gasteiger partial charge in [-0.2, -0.15) is 0 Å². The molecule has 0 aliphatic heterocycles. The Kier molecular flexibility index (Phi) is 7.30. The smallest absolute Gasteiger partial charge is 0.253 e. The van der Waals surface area contributed by atoms with E-state index in [0.717, 1.165) is 0 Å². The van der Waals surface area contributed by atoms with Crippen molar-refractivity contribution in [2.75, 3.05) is 23.7 Å². The van der Waals surface area contributed by atoms with Crippen LogP contribution in [0.15, 0.2) is 42.5 Å². The number of benzene rings is 2. The number of carbonyl (C=O) groups is 2. The highest BCUT2D eigenvalue weighted by Crippen LogP contribution is 2.22. The highest BCUT2D eigenvalue weighted by molar-refractivity contribution is 6.35. The van der Waals surface area contributed by atoms with Crippen LogP contribution >= 0.6 is 23.2 Å². The van der Waals surface area contributed by atoms with Gasteiger partial charge in [0.1, 0.15) is 0 Å². The van der Waals surface area contributed by atoms with Crippen molar-refractivity contribution < 1.29 is 9.59 Å². The van der Waals surface area contributed by atoms with Crippen LogP contribution in [0, 0.1) is 5.92 Å². The maximum absolute atomic E-state index is 12.3. The van der Waals surface area contributed by atoms with E-state index in [-0.39, 0.29) is 18.4 Å². The minimum Gasteiger partial charge on any atom is -0.376 e. The van der Waals surface area contributed by atoms with E-state index in [1.165, 1.54) is 0 Å². The molecule has 0 aromatic heterocycles. The maximum atomic E-state index is 12.3. The van der Waals surface area contributed by atoms with E-state index in [9.17, 15) is 9.59 Å². The van der Waals surface area contributed by atoms with Crippen molar-refractivity contribution in [3.05, 3.63) is 58.1 Å². The Hall–Kier alpha value is -2.24. The molecule has 0 fully saturated rings. The van der Waals surface area contributed by atoms with Gasteiger partial charge in [-0.3, -0.25) is 9.59 Å². The summed E-state index contributed by atoms with van der Waals surface area (Å²) >= 11 is 11.9. The Balaban J connectivity index is 1.99. The minimum absolute atomic E-state index is 0.0125. The number of nitrogens with one attached hydrogen (secondary N) is 3. The van der Waals surface area contributed by atoms with Crippen LogP contribution in [0.3, 0.4) is 0 Å². The zero-order chi connectivity index (χ0) is 19.1. The third-order valence-electron chi connectivity index (χ3n) is 3.43. The fourth-order valence-corrected chi connectivity index (χ4v) is 2.74. The van der Waals surface area contributed by atoms with Crippen molar-refractivity contribution >= 4 is 46.4 Å². The molecule has 0 unspecified atom stereocenters. The van der Waals surface area contributed by atoms with Crippen molar-refractivity contribution in [2.24, 2.45) is 5.92 Å². The van der Waals surface area contributed by atoms with Gasteiger partial charge in [-0.15, -0.1) is 0 Å². The van der Waals surface area contributed by atoms with E-state index >= 15 is 0 Å². The van der Waals surface area contributed by atoms with Gasteiger partial charge in [0.05, 0.1) is 17.8 Å². The second-order valence-electron chi connectivity index (χ2n) is 6.21. The number of hydrogen-bond acceptors (Lipinski definition) is 3. The van der Waals surface area contributed by atoms with Crippen LogP contribution in [0.2, 0.25) is 10.0 Å². The molecule has 2 amide bonds. The SMILES string of the molecule is CC(C)CNC(=O)c1ccccc1NC(=O)CNc1cc(Cl)cc(Cl)c1. The molecule has 0 bridgehead atoms. The lowest BCUT2D eigenvalue weighted by Gasteiger charge is -2.13. The Bertz CT molecular complexity index is 774. The van der Waals surface area contributed by atoms with Gasteiger partial charge in [-0.05, 0) is 36.2 Å². The second-order valence-corrected chi connectivity index (χ2v) is 7.08. The molecule has 0 saturated carbocycles. The van der Waals surface area contributed by atoms with Crippen LogP contribution in [0.4, 0.5) is 11.4 Å². The third kappa shape index (κ3) is 6.24. The first-order valence-electron chi connectivity index (χ1n) is 8.22. The van der Waals surface area contributed by atoms with Crippen LogP contribution < -0.4 is 16.0 Å². The Morgan fingerprint density at radius 3 is 2.35 bits per heavy atom. The molecule has 0 aliphatic rings. The molecular formula is C19H21Cl2N3O2. The van der Waals surface area contributed by atoms with E-state index in [2.05, 4.69) is 16.0 Å². The standard InChI is InChI=1S/C19H21Cl2N3O2/c1-12(2)10-23-19(26)16-5-3-4-6-17(16)24-18(25)11-22-15-8-13(20)7-14(21)9-15/h3-9,12,22H,10-11H2,1-2H3,(H,23,26)(H,24,25). The fraction of sp³-hybridized carbons (Fsp3) is 0.263. The Morgan fingerprint density at radius 1 is 1.04 bits per heavy atom. The summed E-state index contributed by atoms with van der Waals surface area (Å²) in [6.07, 6.45) is 0. The van der Waals surface area contributed by atoms with Crippen molar-refractivity contribution in [1.29, 1.82) is 0 Å². The molecule has 2 rings (SSSR count). The van der Waals surface area contributed by atoms with Crippen molar-refractivity contribution in [3.63, 3.8) is 0 Å². The molecule has 7 heteroatoms. The monoisotopic (exact) mass is 393 g/mol. The molecule has 2 aromatic carbocycles. The molecule has 26 heavy (non-hydrogen) atoms. The van der Waals surface area contributed by atoms with Gasteiger partial charge < -0.3 is 16.0 Å². The summed E-state index contributed by atoms with van der Waals surface area (Å²) < 4.78 is 0. The van der Waals surface area contributed by atoms with Crippen LogP contribution in [0.5, 0.6) is 0 Å². The first-order valence-corrected chi connectivity index (χ1v) is 8.98. The van der Waals surface area contributed by atoms with Crippen LogP contribution in [-0.2, 0) is 4.79 Å². The average Bonchev–Trinajstić information content (AvgIpc) is 2.57. The summed E-state index contributed by atoms with van der Waals surface area (Å²) in [5.74, 6) is -0.163. The number of carbonyl (C=O) groups excluding carboxylic acids is 2. The summed E-state index contributed by atoms with van der Waals surface area (Å²) in [6, 6.07) is 11.8. The van der Waals surface area contributed by atoms with E-state index in [0.29, 0.717) is 39.4 Å². The van der Waals surface area contributed by atoms with Gasteiger partial charge in [0, 0.05) is 22.3 Å². The van der Waals surface area contributed by atoms with Gasteiger partial charge >= 0.3 is 0 Å². The van der Waals surface area contributed by atoms with Crippen LogP contribution in [0.25, 0.3) is 0 Å². The lowest BCUT2D eigenvalue weighted by atomic mass is 10.1.